The molecule has 0 spiro atoms. The first-order chi connectivity index (χ1) is 20.1. The monoisotopic (exact) mass is 585 g/mol. The van der Waals surface area contributed by atoms with Gasteiger partial charge in [0.05, 0.1) is 36.4 Å². The van der Waals surface area contributed by atoms with Crippen molar-refractivity contribution in [2.24, 2.45) is 0 Å². The number of fused-ring (bicyclic) bond motifs is 4. The molecule has 11 heteroatoms. The van der Waals surface area contributed by atoms with Crippen molar-refractivity contribution in [3.05, 3.63) is 54.1 Å². The van der Waals surface area contributed by atoms with Gasteiger partial charge in [0, 0.05) is 36.7 Å². The predicted octanol–water partition coefficient (Wildman–Crippen LogP) is 7.68. The van der Waals surface area contributed by atoms with Crippen molar-refractivity contribution >= 4 is 46.3 Å². The Balaban J connectivity index is 0.000000748. The van der Waals surface area contributed by atoms with Crippen LogP contribution in [0, 0.1) is 0 Å². The van der Waals surface area contributed by atoms with Crippen molar-refractivity contribution in [3.8, 4) is 22.6 Å². The maximum Gasteiger partial charge on any atom is 0.673 e. The number of anilines is 2. The molecule has 0 aliphatic carbocycles. The number of amides is 1. The fourth-order valence-electron chi connectivity index (χ4n) is 5.73. The number of carbonyl (C=O) groups excluding carboxylic acids is 1. The molecule has 1 aromatic heterocycles. The number of halogens is 4. The Labute approximate surface area is 243 Å². The highest BCUT2D eigenvalue weighted by Gasteiger charge is 2.36. The summed E-state index contributed by atoms with van der Waals surface area (Å²) < 4.78 is 53.2. The van der Waals surface area contributed by atoms with Gasteiger partial charge >= 0.3 is 7.25 Å². The van der Waals surface area contributed by atoms with Crippen molar-refractivity contribution in [1.29, 1.82) is 0 Å². The fraction of sp³-hybridized carbons (Fsp3) is 0.355. The average Bonchev–Trinajstić information content (AvgIpc) is 2.96. The lowest BCUT2D eigenvalue weighted by Crippen LogP contribution is -2.39. The van der Waals surface area contributed by atoms with Gasteiger partial charge in [-0.1, -0.05) is 32.9 Å². The van der Waals surface area contributed by atoms with Crippen LogP contribution < -0.4 is 24.3 Å². The quantitative estimate of drug-likeness (QED) is 0.0948. The molecule has 224 valence electrons. The molecule has 4 aromatic rings. The van der Waals surface area contributed by atoms with E-state index in [0.717, 1.165) is 88.2 Å². The first kappa shape index (κ1) is 30.9. The lowest BCUT2D eigenvalue weighted by Gasteiger charge is -2.34. The molecule has 0 bridgehead atoms. The van der Waals surface area contributed by atoms with E-state index in [1.165, 1.54) is 0 Å². The summed E-state index contributed by atoms with van der Waals surface area (Å²) >= 11 is 0. The van der Waals surface area contributed by atoms with Crippen LogP contribution >= 0.6 is 0 Å². The summed E-state index contributed by atoms with van der Waals surface area (Å²) in [5.74, 6) is 1.58. The largest absolute Gasteiger partial charge is 0.673 e. The molecule has 1 N–H and O–H groups in total. The minimum absolute atomic E-state index is 0.0423. The minimum atomic E-state index is -6.00. The molecule has 2 heterocycles. The number of hydrogen-bond acceptors (Lipinski definition) is 4. The first-order valence-corrected chi connectivity index (χ1v) is 14.2. The number of ether oxygens (including phenoxy) is 2. The zero-order chi connectivity index (χ0) is 30.6. The van der Waals surface area contributed by atoms with Crippen LogP contribution in [0.2, 0.25) is 0 Å². The molecule has 6 nitrogen and oxygen atoms in total. The minimum Gasteiger partial charge on any atom is -0.496 e. The third kappa shape index (κ3) is 5.82. The summed E-state index contributed by atoms with van der Waals surface area (Å²) in [6, 6.07) is 16.5. The Morgan fingerprint density at radius 1 is 0.833 bits per heavy atom. The van der Waals surface area contributed by atoms with Crippen molar-refractivity contribution in [2.75, 3.05) is 32.2 Å². The van der Waals surface area contributed by atoms with Gasteiger partial charge in [0.2, 0.25) is 11.0 Å². The second-order valence-electron chi connectivity index (χ2n) is 9.99. The summed E-state index contributed by atoms with van der Waals surface area (Å²) in [5.41, 5.74) is 7.03. The normalized spacial score (nSPS) is 12.1. The number of benzene rings is 3. The zero-order valence-corrected chi connectivity index (χ0v) is 24.6. The van der Waals surface area contributed by atoms with Crippen LogP contribution in [0.25, 0.3) is 32.9 Å². The van der Waals surface area contributed by atoms with Gasteiger partial charge in [-0.3, -0.25) is 4.79 Å². The number of nitrogens with zero attached hydrogens (tertiary/aromatic N) is 2. The van der Waals surface area contributed by atoms with Crippen LogP contribution in [-0.4, -0.2) is 40.5 Å². The van der Waals surface area contributed by atoms with Gasteiger partial charge in [0.15, 0.2) is 0 Å². The van der Waals surface area contributed by atoms with E-state index in [0.29, 0.717) is 12.1 Å². The zero-order valence-electron chi connectivity index (χ0n) is 24.6. The van der Waals surface area contributed by atoms with Gasteiger partial charge in [0.25, 0.3) is 5.91 Å². The summed E-state index contributed by atoms with van der Waals surface area (Å²) in [5, 5.41) is 5.23. The molecule has 42 heavy (non-hydrogen) atoms. The summed E-state index contributed by atoms with van der Waals surface area (Å²) in [4.78, 5) is 15.9. The van der Waals surface area contributed by atoms with Crippen LogP contribution in [-0.2, 0) is 6.54 Å². The lowest BCUT2D eigenvalue weighted by atomic mass is 9.87. The Bertz CT molecular complexity index is 1600. The second kappa shape index (κ2) is 12.9. The number of hydrogen-bond donors (Lipinski definition) is 1. The number of rotatable bonds is 9. The topological polar surface area (TPSA) is 54.7 Å². The maximum absolute atomic E-state index is 13.6. The van der Waals surface area contributed by atoms with Crippen molar-refractivity contribution in [1.82, 2.24) is 5.32 Å². The average molecular weight is 585 g/mol. The van der Waals surface area contributed by atoms with E-state index in [4.69, 9.17) is 9.47 Å². The molecular weight excluding hydrogens is 549 g/mol. The first-order valence-electron chi connectivity index (χ1n) is 14.2. The van der Waals surface area contributed by atoms with Crippen LogP contribution in [0.15, 0.2) is 48.5 Å². The van der Waals surface area contributed by atoms with Gasteiger partial charge in [-0.25, -0.2) is 0 Å². The molecular formula is C31H36BF4N3O3. The molecule has 3 aromatic carbocycles. The van der Waals surface area contributed by atoms with Crippen LogP contribution in [0.5, 0.6) is 11.5 Å². The Morgan fingerprint density at radius 2 is 1.50 bits per heavy atom. The van der Waals surface area contributed by atoms with Gasteiger partial charge in [-0.05, 0) is 43.2 Å². The van der Waals surface area contributed by atoms with Crippen LogP contribution in [0.1, 0.15) is 50.4 Å². The van der Waals surface area contributed by atoms with Crippen molar-refractivity contribution in [2.45, 2.75) is 46.6 Å². The number of pyridine rings is 1. The Morgan fingerprint density at radius 3 is 2.12 bits per heavy atom. The smallest absolute Gasteiger partial charge is 0.496 e. The SMILES string of the molecule is CCCNC(=O)c1ccc2c3c(c4c(OC)cccc4[n+](CCC)c13)-c1c(OC)cccc1N2CCC.F[B-](F)(F)F. The number of carbonyl (C=O) groups is 1. The molecule has 0 fully saturated rings. The van der Waals surface area contributed by atoms with E-state index in [-0.39, 0.29) is 5.91 Å². The molecule has 0 atom stereocenters. The van der Waals surface area contributed by atoms with E-state index in [2.05, 4.69) is 59.8 Å². The summed E-state index contributed by atoms with van der Waals surface area (Å²) in [6.45, 7) is 8.72. The van der Waals surface area contributed by atoms with Crippen molar-refractivity contribution < 1.29 is 36.1 Å². The van der Waals surface area contributed by atoms with Gasteiger partial charge in [-0.15, -0.1) is 0 Å². The third-order valence-electron chi connectivity index (χ3n) is 7.17. The Hall–Kier alpha value is -4.02. The van der Waals surface area contributed by atoms with Gasteiger partial charge in [-0.2, -0.15) is 4.57 Å². The summed E-state index contributed by atoms with van der Waals surface area (Å²) in [7, 11) is -2.55. The van der Waals surface area contributed by atoms with E-state index < -0.39 is 7.25 Å². The van der Waals surface area contributed by atoms with Gasteiger partial charge < -0.3 is 37.0 Å². The van der Waals surface area contributed by atoms with E-state index in [1.54, 1.807) is 14.2 Å². The van der Waals surface area contributed by atoms with Crippen LogP contribution in [0.3, 0.4) is 0 Å². The molecule has 5 rings (SSSR count). The highest BCUT2D eigenvalue weighted by Crippen LogP contribution is 2.54. The molecule has 1 aliphatic rings. The highest BCUT2D eigenvalue weighted by molar-refractivity contribution is 6.50. The molecule has 0 saturated carbocycles. The second-order valence-corrected chi connectivity index (χ2v) is 9.99. The molecule has 1 aliphatic heterocycles. The molecule has 1 amide bonds. The predicted molar refractivity (Wildman–Crippen MR) is 161 cm³/mol. The van der Waals surface area contributed by atoms with E-state index in [1.807, 2.05) is 24.3 Å². The van der Waals surface area contributed by atoms with E-state index in [9.17, 15) is 22.1 Å². The van der Waals surface area contributed by atoms with E-state index >= 15 is 0 Å². The number of methoxy groups -OCH3 is 2. The van der Waals surface area contributed by atoms with Crippen LogP contribution in [0.4, 0.5) is 28.6 Å². The molecule has 0 radical (unpaired) electrons. The molecule has 0 saturated heterocycles. The number of nitrogens with one attached hydrogen (secondary N) is 1. The highest BCUT2D eigenvalue weighted by atomic mass is 19.5. The lowest BCUT2D eigenvalue weighted by molar-refractivity contribution is -0.645. The molecule has 0 unspecified atom stereocenters. The third-order valence-corrected chi connectivity index (χ3v) is 7.17. The van der Waals surface area contributed by atoms with Crippen molar-refractivity contribution in [3.63, 3.8) is 0 Å². The maximum atomic E-state index is 13.6. The summed E-state index contributed by atoms with van der Waals surface area (Å²) in [6.07, 6.45) is 2.80. The van der Waals surface area contributed by atoms with Gasteiger partial charge in [0.1, 0.15) is 23.6 Å². The standard InChI is InChI=1S/C31H35N3O3.BF4/c1-6-17-32-31(35)20-15-16-23-28-29(26-21(33(23)18-7-2)11-9-13-24(26)36-4)27-22(12-10-14-25(27)37-5)34(19-8-3)30(20)28;2-1(3,4)5/h9-16H,6-8,17-19H2,1-5H3;/q;-1/p+1. The number of aryl methyl sites for hydroxylation is 1. The fourth-order valence-corrected chi connectivity index (χ4v) is 5.73. The Kier molecular flexibility index (Phi) is 9.48. The number of aromatic nitrogens is 1.